The van der Waals surface area contributed by atoms with Crippen LogP contribution in [0.5, 0.6) is 5.75 Å². The normalized spacial score (nSPS) is 18.3. The molecule has 0 aliphatic carbocycles. The topological polar surface area (TPSA) is 410 Å². The fourth-order valence-electron chi connectivity index (χ4n) is 9.12. The SMILES string of the molecule is CCCCCCCCCCC(NC(=O)[C@H](CC(C)C)NC(=O)[C@H](Cc1ccccc1)NC(=O)CNC(=O)CNC(=O)[C@H](Cc1ccc(O)cc1)NC(=O)[C@H](CCCCNC(C)=O)NC(=O)CCC(=O)N[C@@H]1O[C@H](CO)[C@@H](O)[C@H](O)[C@H]1O)C(=O)O. The summed E-state index contributed by atoms with van der Waals surface area (Å²) < 4.78 is 5.29. The number of carboxylic acid groups (broad SMARTS) is 1. The van der Waals surface area contributed by atoms with Crippen LogP contribution in [0.2, 0.25) is 0 Å². The number of hydrogen-bond donors (Lipinski definition) is 15. The minimum atomic E-state index is -1.78. The van der Waals surface area contributed by atoms with E-state index < -0.39 is 147 Å². The van der Waals surface area contributed by atoms with Crippen molar-refractivity contribution in [3.63, 3.8) is 0 Å². The van der Waals surface area contributed by atoms with E-state index in [1.165, 1.54) is 37.6 Å². The van der Waals surface area contributed by atoms with Crippen molar-refractivity contribution in [1.29, 1.82) is 0 Å². The Balaban J connectivity index is 1.69. The molecule has 468 valence electrons. The Morgan fingerprint density at radius 3 is 1.68 bits per heavy atom. The molecule has 1 aliphatic heterocycles. The number of benzene rings is 2. The fourth-order valence-corrected chi connectivity index (χ4v) is 9.12. The van der Waals surface area contributed by atoms with Crippen LogP contribution in [-0.2, 0) is 65.5 Å². The first-order chi connectivity index (χ1) is 40.0. The van der Waals surface area contributed by atoms with E-state index in [1.54, 1.807) is 30.3 Å². The summed E-state index contributed by atoms with van der Waals surface area (Å²) in [6.45, 7) is 5.25. The zero-order valence-corrected chi connectivity index (χ0v) is 48.6. The second-order valence-corrected chi connectivity index (χ2v) is 21.5. The number of aliphatic hydroxyl groups is 4. The molecular weight excluding hydrogens is 1090 g/mol. The highest BCUT2D eigenvalue weighted by Crippen LogP contribution is 2.20. The van der Waals surface area contributed by atoms with Gasteiger partial charge in [0.15, 0.2) is 6.23 Å². The third-order valence-corrected chi connectivity index (χ3v) is 13.8. The van der Waals surface area contributed by atoms with Crippen molar-refractivity contribution in [2.75, 3.05) is 26.2 Å². The lowest BCUT2D eigenvalue weighted by Gasteiger charge is -2.40. The number of ether oxygens (including phenoxy) is 1. The summed E-state index contributed by atoms with van der Waals surface area (Å²) in [6.07, 6.45) is -0.325. The first kappa shape index (κ1) is 71.0. The Labute approximate surface area is 490 Å². The minimum absolute atomic E-state index is 0.0133. The van der Waals surface area contributed by atoms with Gasteiger partial charge >= 0.3 is 5.97 Å². The van der Waals surface area contributed by atoms with Crippen LogP contribution in [-0.4, -0.2) is 177 Å². The van der Waals surface area contributed by atoms with Crippen molar-refractivity contribution in [1.82, 2.24) is 47.9 Å². The van der Waals surface area contributed by atoms with Crippen LogP contribution in [0.25, 0.3) is 0 Å². The minimum Gasteiger partial charge on any atom is -0.508 e. The highest BCUT2D eigenvalue weighted by molar-refractivity contribution is 5.96. The number of nitrogens with one attached hydrogen (secondary N) is 9. The molecule has 0 aromatic heterocycles. The molecule has 0 radical (unpaired) electrons. The number of rotatable bonds is 39. The molecule has 3 rings (SSSR count). The Morgan fingerprint density at radius 2 is 1.06 bits per heavy atom. The molecule has 10 atom stereocenters. The quantitative estimate of drug-likeness (QED) is 0.0375. The Hall–Kier alpha value is -7.26. The van der Waals surface area contributed by atoms with Gasteiger partial charge in [-0.15, -0.1) is 0 Å². The van der Waals surface area contributed by atoms with E-state index in [-0.39, 0.29) is 62.6 Å². The van der Waals surface area contributed by atoms with Gasteiger partial charge in [-0.2, -0.15) is 0 Å². The van der Waals surface area contributed by atoms with E-state index in [9.17, 15) is 78.6 Å². The number of hydrogen-bond acceptors (Lipinski definition) is 16. The second-order valence-electron chi connectivity index (χ2n) is 21.5. The van der Waals surface area contributed by atoms with Crippen LogP contribution in [0.4, 0.5) is 0 Å². The van der Waals surface area contributed by atoms with Crippen molar-refractivity contribution in [3.05, 3.63) is 65.7 Å². The Morgan fingerprint density at radius 1 is 0.536 bits per heavy atom. The lowest BCUT2D eigenvalue weighted by Crippen LogP contribution is -2.63. The molecule has 1 saturated heterocycles. The summed E-state index contributed by atoms with van der Waals surface area (Å²) in [5.41, 5.74) is 1.10. The van der Waals surface area contributed by atoms with Crippen LogP contribution in [0.1, 0.15) is 135 Å². The molecular formula is C58H89N9O17. The summed E-state index contributed by atoms with van der Waals surface area (Å²) in [7, 11) is 0. The molecule has 15 N–H and O–H groups in total. The number of carboxylic acids is 1. The number of aromatic hydroxyl groups is 1. The smallest absolute Gasteiger partial charge is 0.326 e. The third kappa shape index (κ3) is 27.4. The first-order valence-electron chi connectivity index (χ1n) is 28.9. The van der Waals surface area contributed by atoms with Gasteiger partial charge in [-0.25, -0.2) is 4.79 Å². The monoisotopic (exact) mass is 1180 g/mol. The molecule has 1 heterocycles. The first-order valence-corrected chi connectivity index (χ1v) is 28.9. The van der Waals surface area contributed by atoms with E-state index in [1.807, 2.05) is 13.8 Å². The second kappa shape index (κ2) is 38.6. The number of carbonyl (C=O) groups excluding carboxylic acids is 9. The fraction of sp³-hybridized carbons (Fsp3) is 0.621. The molecule has 2 aromatic carbocycles. The van der Waals surface area contributed by atoms with Crippen molar-refractivity contribution >= 4 is 59.1 Å². The van der Waals surface area contributed by atoms with Crippen LogP contribution < -0.4 is 47.9 Å². The van der Waals surface area contributed by atoms with Gasteiger partial charge in [0, 0.05) is 39.2 Å². The van der Waals surface area contributed by atoms with Gasteiger partial charge in [0.1, 0.15) is 60.4 Å². The van der Waals surface area contributed by atoms with E-state index in [2.05, 4.69) is 54.8 Å². The molecule has 2 aromatic rings. The van der Waals surface area contributed by atoms with Crippen LogP contribution in [0.3, 0.4) is 0 Å². The van der Waals surface area contributed by atoms with Gasteiger partial charge in [0.25, 0.3) is 0 Å². The van der Waals surface area contributed by atoms with E-state index >= 15 is 0 Å². The van der Waals surface area contributed by atoms with E-state index in [0.717, 1.165) is 38.5 Å². The largest absolute Gasteiger partial charge is 0.508 e. The molecule has 9 amide bonds. The maximum absolute atomic E-state index is 14.0. The predicted octanol–water partition coefficient (Wildman–Crippen LogP) is -0.502. The Bertz CT molecular complexity index is 2420. The van der Waals surface area contributed by atoms with E-state index in [4.69, 9.17) is 4.74 Å². The zero-order chi connectivity index (χ0) is 62.1. The number of amides is 9. The van der Waals surface area contributed by atoms with Gasteiger partial charge in [0.05, 0.1) is 19.7 Å². The molecule has 0 saturated carbocycles. The van der Waals surface area contributed by atoms with Crippen LogP contribution in [0, 0.1) is 5.92 Å². The van der Waals surface area contributed by atoms with Crippen molar-refractivity contribution in [3.8, 4) is 5.75 Å². The average Bonchev–Trinajstić information content (AvgIpc) is 3.61. The number of unbranched alkanes of at least 4 members (excludes halogenated alkanes) is 8. The lowest BCUT2D eigenvalue weighted by atomic mass is 9.98. The van der Waals surface area contributed by atoms with Gasteiger partial charge in [-0.05, 0) is 61.3 Å². The molecule has 0 spiro atoms. The number of aliphatic carboxylic acids is 1. The van der Waals surface area contributed by atoms with Crippen molar-refractivity contribution in [2.24, 2.45) is 5.92 Å². The summed E-state index contributed by atoms with van der Waals surface area (Å²) in [5, 5.41) is 82.6. The highest BCUT2D eigenvalue weighted by atomic mass is 16.6. The maximum Gasteiger partial charge on any atom is 0.326 e. The van der Waals surface area contributed by atoms with Crippen molar-refractivity contribution in [2.45, 2.75) is 198 Å². The predicted molar refractivity (Wildman–Crippen MR) is 306 cm³/mol. The molecule has 84 heavy (non-hydrogen) atoms. The maximum atomic E-state index is 14.0. The van der Waals surface area contributed by atoms with Crippen molar-refractivity contribution < 1.29 is 83.3 Å². The van der Waals surface area contributed by atoms with Crippen LogP contribution >= 0.6 is 0 Å². The lowest BCUT2D eigenvalue weighted by molar-refractivity contribution is -0.236. The van der Waals surface area contributed by atoms with E-state index in [0.29, 0.717) is 24.0 Å². The van der Waals surface area contributed by atoms with Gasteiger partial charge in [-0.1, -0.05) is 115 Å². The van der Waals surface area contributed by atoms with Crippen LogP contribution in [0.15, 0.2) is 54.6 Å². The summed E-state index contributed by atoms with van der Waals surface area (Å²) in [5.74, 6) is -8.15. The molecule has 1 aliphatic rings. The summed E-state index contributed by atoms with van der Waals surface area (Å²) in [4.78, 5) is 132. The molecule has 26 heteroatoms. The molecule has 1 fully saturated rings. The zero-order valence-electron chi connectivity index (χ0n) is 48.6. The third-order valence-electron chi connectivity index (χ3n) is 13.8. The number of carbonyl (C=O) groups is 10. The summed E-state index contributed by atoms with van der Waals surface area (Å²) >= 11 is 0. The molecule has 0 bridgehead atoms. The van der Waals surface area contributed by atoms with Gasteiger partial charge in [-0.3, -0.25) is 43.2 Å². The summed E-state index contributed by atoms with van der Waals surface area (Å²) in [6, 6.07) is 8.02. The van der Waals surface area contributed by atoms with Gasteiger partial charge in [0.2, 0.25) is 53.2 Å². The number of phenolic OH excluding ortho intramolecular Hbond substituents is 1. The molecule has 26 nitrogen and oxygen atoms in total. The standard InChI is InChI=1S/C58H89N9O17/c1-5-6-7-8-9-10-11-15-21-41(58(82)83)64-55(80)42(29-35(2)3)65-56(81)44(30-37-18-13-12-14-19-37)63-49(74)33-60-48(73)32-61-53(78)43(31-38-22-24-39(70)25-23-38)66-54(79)40(20-16-17-28-59-36(4)69)62-46(71)26-27-47(72)67-57-52(77)51(76)50(75)45(34-68)84-57/h12-14,18-19,22-25,35,40-45,50-52,57,68,70,75-77H,5-11,15-17,20-21,26-34H2,1-4H3,(H,59,69)(H,60,73)(H,61,78)(H,62,71)(H,63,74)(H,64,80)(H,65,81)(H,66,79)(H,67,72)(H,82,83)/t40-,41?,42-,43-,44-,45+,50+,51-,52+,57+/m0/s1. The Kier molecular flexibility index (Phi) is 32.6. The average molecular weight is 1180 g/mol. The number of phenols is 1. The van der Waals surface area contributed by atoms with Gasteiger partial charge < -0.3 is 83.2 Å². The molecule has 1 unspecified atom stereocenters. The number of aliphatic hydroxyl groups excluding tert-OH is 4. The highest BCUT2D eigenvalue weighted by Gasteiger charge is 2.44.